The highest BCUT2D eigenvalue weighted by molar-refractivity contribution is 5.95. The maximum absolute atomic E-state index is 11.0. The van der Waals surface area contributed by atoms with Crippen molar-refractivity contribution < 1.29 is 9.90 Å². The van der Waals surface area contributed by atoms with Crippen LogP contribution in [0.4, 0.5) is 0 Å². The summed E-state index contributed by atoms with van der Waals surface area (Å²) in [7, 11) is 0. The zero-order chi connectivity index (χ0) is 14.3. The van der Waals surface area contributed by atoms with Gasteiger partial charge in [0, 0.05) is 34.4 Å². The second-order valence-corrected chi connectivity index (χ2v) is 4.97. The lowest BCUT2D eigenvalue weighted by Crippen LogP contribution is -2.15. The Balaban J connectivity index is 2.07. The maximum atomic E-state index is 11.0. The third kappa shape index (κ3) is 1.97. The lowest BCUT2D eigenvalue weighted by atomic mass is 10.1. The van der Waals surface area contributed by atoms with E-state index in [4.69, 9.17) is 5.11 Å². The van der Waals surface area contributed by atoms with Crippen molar-refractivity contribution in [1.82, 2.24) is 14.8 Å². The van der Waals surface area contributed by atoms with Gasteiger partial charge in [0.15, 0.2) is 0 Å². The normalized spacial score (nSPS) is 12.7. The average Bonchev–Trinajstić information content (AvgIpc) is 3.02. The average molecular weight is 269 g/mol. The lowest BCUT2D eigenvalue weighted by molar-refractivity contribution is -0.140. The summed E-state index contributed by atoms with van der Waals surface area (Å²) in [4.78, 5) is 14.2. The Kier molecular flexibility index (Phi) is 2.82. The monoisotopic (exact) mass is 269 g/mol. The molecule has 0 bridgehead atoms. The van der Waals surface area contributed by atoms with Gasteiger partial charge in [0.25, 0.3) is 0 Å². The number of hydrogen-bond acceptors (Lipinski definition) is 2. The molecule has 2 heterocycles. The first-order valence-electron chi connectivity index (χ1n) is 6.41. The summed E-state index contributed by atoms with van der Waals surface area (Å²) in [5, 5.41) is 14.3. The Bertz CT molecular complexity index is 785. The van der Waals surface area contributed by atoms with Gasteiger partial charge in [-0.1, -0.05) is 11.6 Å². The number of rotatable bonds is 3. The minimum Gasteiger partial charge on any atom is -0.480 e. The van der Waals surface area contributed by atoms with Crippen molar-refractivity contribution in [3.63, 3.8) is 0 Å². The summed E-state index contributed by atoms with van der Waals surface area (Å²) in [5.41, 5.74) is 4.19. The molecule has 5 heteroatoms. The summed E-state index contributed by atoms with van der Waals surface area (Å²) in [6, 6.07) is 5.53. The lowest BCUT2D eigenvalue weighted by Gasteiger charge is -2.05. The molecule has 0 saturated carbocycles. The van der Waals surface area contributed by atoms with Gasteiger partial charge in [-0.25, -0.2) is 4.79 Å². The van der Waals surface area contributed by atoms with Gasteiger partial charge < -0.3 is 10.1 Å². The fourth-order valence-corrected chi connectivity index (χ4v) is 2.28. The van der Waals surface area contributed by atoms with Gasteiger partial charge in [-0.15, -0.1) is 0 Å². The molecule has 2 N–H and O–H groups in total. The minimum absolute atomic E-state index is 0.671. The zero-order valence-electron chi connectivity index (χ0n) is 11.3. The Hall–Kier alpha value is -2.56. The van der Waals surface area contributed by atoms with Crippen molar-refractivity contribution in [1.29, 1.82) is 0 Å². The Morgan fingerprint density at radius 3 is 3.00 bits per heavy atom. The molecule has 3 aromatic rings. The molecule has 0 aliphatic rings. The Morgan fingerprint density at radius 1 is 1.45 bits per heavy atom. The Labute approximate surface area is 115 Å². The number of aliphatic carboxylic acids is 1. The number of aromatic amines is 1. The topological polar surface area (TPSA) is 70.9 Å². The molecule has 102 valence electrons. The van der Waals surface area contributed by atoms with Crippen molar-refractivity contribution in [3.8, 4) is 11.1 Å². The number of nitrogens with zero attached hydrogens (tertiary/aromatic N) is 2. The first-order valence-corrected chi connectivity index (χ1v) is 6.41. The molecule has 20 heavy (non-hydrogen) atoms. The van der Waals surface area contributed by atoms with Crippen LogP contribution in [0.15, 0.2) is 36.8 Å². The second kappa shape index (κ2) is 4.52. The van der Waals surface area contributed by atoms with Gasteiger partial charge in [-0.3, -0.25) is 4.68 Å². The van der Waals surface area contributed by atoms with Crippen LogP contribution in [-0.4, -0.2) is 25.8 Å². The van der Waals surface area contributed by atoms with Crippen molar-refractivity contribution in [2.75, 3.05) is 0 Å². The fraction of sp³-hybridized carbons (Fsp3) is 0.200. The molecular formula is C15H15N3O2. The highest BCUT2D eigenvalue weighted by Gasteiger charge is 2.15. The van der Waals surface area contributed by atoms with Gasteiger partial charge in [0.05, 0.1) is 6.20 Å². The number of fused-ring (bicyclic) bond motifs is 1. The fourth-order valence-electron chi connectivity index (χ4n) is 2.28. The number of carboxylic acids is 1. The van der Waals surface area contributed by atoms with Crippen LogP contribution in [0, 0.1) is 6.92 Å². The quantitative estimate of drug-likeness (QED) is 0.767. The van der Waals surface area contributed by atoms with E-state index in [9.17, 15) is 4.79 Å². The molecule has 0 unspecified atom stereocenters. The molecule has 0 amide bonds. The summed E-state index contributed by atoms with van der Waals surface area (Å²) in [6.07, 6.45) is 5.39. The van der Waals surface area contributed by atoms with Crippen molar-refractivity contribution in [2.24, 2.45) is 0 Å². The number of aryl methyl sites for hydroxylation is 1. The smallest absolute Gasteiger partial charge is 0.328 e. The molecule has 0 aliphatic heterocycles. The van der Waals surface area contributed by atoms with Crippen molar-refractivity contribution in [3.05, 3.63) is 42.4 Å². The van der Waals surface area contributed by atoms with E-state index in [0.29, 0.717) is 0 Å². The number of benzene rings is 1. The molecule has 1 aromatic carbocycles. The van der Waals surface area contributed by atoms with Crippen LogP contribution in [0.3, 0.4) is 0 Å². The van der Waals surface area contributed by atoms with E-state index in [1.165, 1.54) is 10.2 Å². The van der Waals surface area contributed by atoms with Crippen LogP contribution >= 0.6 is 0 Å². The molecule has 0 saturated heterocycles. The molecule has 2 aromatic heterocycles. The van der Waals surface area contributed by atoms with Crippen molar-refractivity contribution >= 4 is 16.9 Å². The molecule has 3 rings (SSSR count). The van der Waals surface area contributed by atoms with Crippen LogP contribution < -0.4 is 0 Å². The SMILES string of the molecule is Cc1ccc2[nH]cc(-c3cnn([C@H](C)C(=O)O)c3)c2c1. The second-order valence-electron chi connectivity index (χ2n) is 4.97. The summed E-state index contributed by atoms with van der Waals surface area (Å²) < 4.78 is 1.46. The third-order valence-electron chi connectivity index (χ3n) is 3.50. The molecule has 1 atom stereocenters. The number of aromatic nitrogens is 3. The predicted octanol–water partition coefficient (Wildman–Crippen LogP) is 2.99. The molecule has 5 nitrogen and oxygen atoms in total. The molecule has 0 fully saturated rings. The first kappa shape index (κ1) is 12.5. The number of hydrogen-bond donors (Lipinski definition) is 2. The van der Waals surface area contributed by atoms with Gasteiger partial charge in [-0.05, 0) is 26.0 Å². The standard InChI is InChI=1S/C15H15N3O2/c1-9-3-4-14-12(5-9)13(7-16-14)11-6-17-18(8-11)10(2)15(19)20/h3-8,10,16H,1-2H3,(H,19,20)/t10-/m1/s1. The minimum atomic E-state index is -0.894. The zero-order valence-corrected chi connectivity index (χ0v) is 11.3. The number of carbonyl (C=O) groups is 1. The van der Waals surface area contributed by atoms with E-state index < -0.39 is 12.0 Å². The van der Waals surface area contributed by atoms with Crippen LogP contribution in [0.1, 0.15) is 18.5 Å². The van der Waals surface area contributed by atoms with Crippen LogP contribution in [0.5, 0.6) is 0 Å². The molecule has 0 spiro atoms. The van der Waals surface area contributed by atoms with Crippen LogP contribution in [0.2, 0.25) is 0 Å². The number of carboxylic acid groups (broad SMARTS) is 1. The summed E-state index contributed by atoms with van der Waals surface area (Å²) in [5.74, 6) is -0.894. The summed E-state index contributed by atoms with van der Waals surface area (Å²) >= 11 is 0. The molecular weight excluding hydrogens is 254 g/mol. The molecule has 0 aliphatic carbocycles. The molecule has 0 radical (unpaired) electrons. The predicted molar refractivity (Wildman–Crippen MR) is 76.6 cm³/mol. The largest absolute Gasteiger partial charge is 0.480 e. The van der Waals surface area contributed by atoms with Crippen molar-refractivity contribution in [2.45, 2.75) is 19.9 Å². The van der Waals surface area contributed by atoms with Gasteiger partial charge in [0.1, 0.15) is 6.04 Å². The van der Waals surface area contributed by atoms with E-state index in [1.807, 2.05) is 19.2 Å². The van der Waals surface area contributed by atoms with E-state index in [2.05, 4.69) is 22.2 Å². The van der Waals surface area contributed by atoms with Gasteiger partial charge in [-0.2, -0.15) is 5.10 Å². The first-order chi connectivity index (χ1) is 9.56. The van der Waals surface area contributed by atoms with E-state index in [-0.39, 0.29) is 0 Å². The van der Waals surface area contributed by atoms with Gasteiger partial charge in [0.2, 0.25) is 0 Å². The Morgan fingerprint density at radius 2 is 2.25 bits per heavy atom. The maximum Gasteiger partial charge on any atom is 0.328 e. The number of H-pyrrole nitrogens is 1. The number of nitrogens with one attached hydrogen (secondary N) is 1. The van der Waals surface area contributed by atoms with Crippen LogP contribution in [-0.2, 0) is 4.79 Å². The highest BCUT2D eigenvalue weighted by atomic mass is 16.4. The highest BCUT2D eigenvalue weighted by Crippen LogP contribution is 2.29. The van der Waals surface area contributed by atoms with Gasteiger partial charge >= 0.3 is 5.97 Å². The third-order valence-corrected chi connectivity index (χ3v) is 3.50. The van der Waals surface area contributed by atoms with Crippen LogP contribution in [0.25, 0.3) is 22.0 Å². The summed E-state index contributed by atoms with van der Waals surface area (Å²) in [6.45, 7) is 3.66. The van der Waals surface area contributed by atoms with E-state index in [1.54, 1.807) is 19.3 Å². The van der Waals surface area contributed by atoms with E-state index >= 15 is 0 Å². The van der Waals surface area contributed by atoms with E-state index in [0.717, 1.165) is 22.0 Å².